The third-order valence-corrected chi connectivity index (χ3v) is 12.1. The third-order valence-electron chi connectivity index (χ3n) is 12.1. The largest absolute Gasteiger partial charge is 0.480 e. The lowest BCUT2D eigenvalue weighted by atomic mass is 9.97. The average Bonchev–Trinajstić information content (AvgIpc) is 4.07. The molecule has 348 valence electrons. The Morgan fingerprint density at radius 3 is 1.81 bits per heavy atom. The summed E-state index contributed by atoms with van der Waals surface area (Å²) in [5, 5.41) is 32.9. The minimum absolute atomic E-state index is 0.0222. The van der Waals surface area contributed by atoms with E-state index in [9.17, 15) is 53.4 Å². The predicted octanol–water partition coefficient (Wildman–Crippen LogP) is -1.62. The molecule has 0 unspecified atom stereocenters. The number of likely N-dealkylation sites (tertiary alicyclic amines) is 3. The molecular formula is C43H65N9O11. The molecule has 1 aromatic carbocycles. The van der Waals surface area contributed by atoms with Crippen LogP contribution in [0, 0.1) is 11.8 Å². The average molecular weight is 884 g/mol. The van der Waals surface area contributed by atoms with E-state index in [4.69, 9.17) is 5.73 Å². The number of carbonyl (C=O) groups is 9. The van der Waals surface area contributed by atoms with E-state index in [2.05, 4.69) is 26.6 Å². The van der Waals surface area contributed by atoms with E-state index in [-0.39, 0.29) is 37.7 Å². The highest BCUT2D eigenvalue weighted by molar-refractivity contribution is 5.98. The van der Waals surface area contributed by atoms with Crippen LogP contribution in [0.4, 0.5) is 0 Å². The fourth-order valence-corrected chi connectivity index (χ4v) is 8.30. The number of carboxylic acid groups (broad SMARTS) is 1. The summed E-state index contributed by atoms with van der Waals surface area (Å²) < 4.78 is 0. The summed E-state index contributed by atoms with van der Waals surface area (Å²) in [4.78, 5) is 123. The normalized spacial score (nSPS) is 21.4. The second-order valence-electron chi connectivity index (χ2n) is 17.1. The molecule has 0 aliphatic carbocycles. The molecule has 3 aliphatic heterocycles. The first-order valence-electron chi connectivity index (χ1n) is 21.9. The molecule has 1 aromatic rings. The van der Waals surface area contributed by atoms with Gasteiger partial charge in [-0.05, 0) is 62.8 Å². The van der Waals surface area contributed by atoms with E-state index in [1.54, 1.807) is 65.0 Å². The zero-order valence-electron chi connectivity index (χ0n) is 36.8. The van der Waals surface area contributed by atoms with Crippen LogP contribution in [0.3, 0.4) is 0 Å². The van der Waals surface area contributed by atoms with E-state index in [0.29, 0.717) is 50.6 Å². The highest BCUT2D eigenvalue weighted by Gasteiger charge is 2.44. The van der Waals surface area contributed by atoms with Crippen molar-refractivity contribution in [1.82, 2.24) is 41.3 Å². The van der Waals surface area contributed by atoms with Gasteiger partial charge >= 0.3 is 5.97 Å². The zero-order chi connectivity index (χ0) is 46.5. The van der Waals surface area contributed by atoms with Crippen molar-refractivity contribution in [3.8, 4) is 0 Å². The lowest BCUT2D eigenvalue weighted by Crippen LogP contribution is -2.60. The van der Waals surface area contributed by atoms with Crippen LogP contribution in [0.2, 0.25) is 0 Å². The molecule has 3 fully saturated rings. The SMILES string of the molecule is CC[C@H](C)[C@H](NC(=O)[C@@H]1CCCN1C(=O)[C@H](CO)NC(=O)[C@@H]1CCCN1C(=O)[C@@H]1CCCN1C(=O)[C@H](C)N)C(=O)NCC(=O)N[C@H](C(=O)N[C@@H](Cc1ccccc1)C(=O)O)C(C)C. The van der Waals surface area contributed by atoms with E-state index in [1.165, 1.54) is 14.7 Å². The number of carboxylic acids is 1. The monoisotopic (exact) mass is 883 g/mol. The molecule has 63 heavy (non-hydrogen) atoms. The summed E-state index contributed by atoms with van der Waals surface area (Å²) in [6.07, 6.45) is 2.99. The van der Waals surface area contributed by atoms with Crippen molar-refractivity contribution in [1.29, 1.82) is 0 Å². The number of benzene rings is 1. The van der Waals surface area contributed by atoms with Gasteiger partial charge in [-0.2, -0.15) is 0 Å². The smallest absolute Gasteiger partial charge is 0.326 e. The number of nitrogens with two attached hydrogens (primary N) is 1. The maximum absolute atomic E-state index is 13.8. The maximum Gasteiger partial charge on any atom is 0.326 e. The first-order chi connectivity index (χ1) is 29.9. The van der Waals surface area contributed by atoms with E-state index in [0.717, 1.165) is 0 Å². The van der Waals surface area contributed by atoms with Crippen LogP contribution in [-0.2, 0) is 49.6 Å². The number of nitrogens with one attached hydrogen (secondary N) is 5. The summed E-state index contributed by atoms with van der Waals surface area (Å²) in [5.41, 5.74) is 6.50. The van der Waals surface area contributed by atoms with Gasteiger partial charge in [0.15, 0.2) is 0 Å². The fraction of sp³-hybridized carbons (Fsp3) is 0.651. The minimum atomic E-state index is -1.44. The van der Waals surface area contributed by atoms with E-state index < -0.39 is 115 Å². The quantitative estimate of drug-likeness (QED) is 0.0734. The molecule has 3 heterocycles. The molecule has 9 atom stereocenters. The number of aliphatic hydroxyl groups is 1. The van der Waals surface area contributed by atoms with Crippen molar-refractivity contribution in [2.75, 3.05) is 32.8 Å². The molecule has 0 radical (unpaired) electrons. The summed E-state index contributed by atoms with van der Waals surface area (Å²) >= 11 is 0. The summed E-state index contributed by atoms with van der Waals surface area (Å²) in [7, 11) is 0. The fourth-order valence-electron chi connectivity index (χ4n) is 8.30. The summed E-state index contributed by atoms with van der Waals surface area (Å²) in [6, 6.07) is 0.258. The van der Waals surface area contributed by atoms with Crippen molar-refractivity contribution in [2.24, 2.45) is 17.6 Å². The molecule has 0 saturated carbocycles. The first kappa shape index (κ1) is 50.0. The standard InChI is InChI=1S/C43H65N9O11/c1-6-25(4)35(38(57)45-22-33(54)48-34(24(2)3)39(58)46-28(43(62)63)21-27-13-8-7-9-14-27)49-37(56)31-16-10-18-50(31)41(60)29(23-53)47-36(55)30-15-11-19-51(30)42(61)32-17-12-20-52(32)40(59)26(5)44/h7-9,13-14,24-26,28-32,34-35,53H,6,10-12,15-23,44H2,1-5H3,(H,45,57)(H,46,58)(H,47,55)(H,48,54)(H,49,56)(H,62,63)/t25-,26-,28-,29-,30-,31-,32-,34-,35-/m0/s1. The highest BCUT2D eigenvalue weighted by Crippen LogP contribution is 2.26. The molecule has 4 rings (SSSR count). The van der Waals surface area contributed by atoms with Crippen LogP contribution in [0.25, 0.3) is 0 Å². The molecule has 3 aliphatic rings. The number of amides is 8. The second-order valence-corrected chi connectivity index (χ2v) is 17.1. The van der Waals surface area contributed by atoms with Gasteiger partial charge in [0.25, 0.3) is 0 Å². The predicted molar refractivity (Wildman–Crippen MR) is 228 cm³/mol. The Kier molecular flexibility index (Phi) is 18.4. The lowest BCUT2D eigenvalue weighted by molar-refractivity contribution is -0.148. The van der Waals surface area contributed by atoms with Crippen molar-refractivity contribution < 1.29 is 53.4 Å². The highest BCUT2D eigenvalue weighted by atomic mass is 16.4. The van der Waals surface area contributed by atoms with E-state index >= 15 is 0 Å². The van der Waals surface area contributed by atoms with Crippen LogP contribution in [0.5, 0.6) is 0 Å². The van der Waals surface area contributed by atoms with Gasteiger partial charge in [0.2, 0.25) is 47.3 Å². The van der Waals surface area contributed by atoms with Crippen molar-refractivity contribution in [2.45, 2.75) is 134 Å². The van der Waals surface area contributed by atoms with Crippen LogP contribution >= 0.6 is 0 Å². The molecule has 0 aromatic heterocycles. The molecule has 9 N–H and O–H groups in total. The summed E-state index contributed by atoms with van der Waals surface area (Å²) in [6.45, 7) is 7.85. The van der Waals surface area contributed by atoms with Crippen molar-refractivity contribution in [3.63, 3.8) is 0 Å². The Morgan fingerprint density at radius 2 is 1.25 bits per heavy atom. The number of carbonyl (C=O) groups excluding carboxylic acids is 8. The van der Waals surface area contributed by atoms with Crippen LogP contribution in [0.1, 0.15) is 85.1 Å². The molecule has 0 bridgehead atoms. The van der Waals surface area contributed by atoms with Gasteiger partial charge in [0, 0.05) is 26.1 Å². The third kappa shape index (κ3) is 13.0. The number of nitrogens with zero attached hydrogens (tertiary/aromatic N) is 3. The number of hydrogen-bond acceptors (Lipinski definition) is 11. The molecule has 8 amide bonds. The van der Waals surface area contributed by atoms with Crippen LogP contribution in [0.15, 0.2) is 30.3 Å². The number of hydrogen-bond donors (Lipinski definition) is 8. The lowest BCUT2D eigenvalue weighted by Gasteiger charge is -2.33. The molecule has 0 spiro atoms. The van der Waals surface area contributed by atoms with Gasteiger partial charge < -0.3 is 57.2 Å². The van der Waals surface area contributed by atoms with Crippen LogP contribution in [-0.4, -0.2) is 159 Å². The van der Waals surface area contributed by atoms with Crippen LogP contribution < -0.4 is 32.3 Å². The molecule has 20 heteroatoms. The molecular weight excluding hydrogens is 819 g/mol. The summed E-state index contributed by atoms with van der Waals surface area (Å²) in [5.74, 6) is -7.01. The maximum atomic E-state index is 13.8. The molecule has 3 saturated heterocycles. The number of rotatable bonds is 20. The van der Waals surface area contributed by atoms with E-state index in [1.807, 2.05) is 0 Å². The van der Waals surface area contributed by atoms with Gasteiger partial charge in [-0.25, -0.2) is 4.79 Å². The van der Waals surface area contributed by atoms with Gasteiger partial charge in [-0.3, -0.25) is 38.4 Å². The molecule has 20 nitrogen and oxygen atoms in total. The van der Waals surface area contributed by atoms with Gasteiger partial charge in [-0.15, -0.1) is 0 Å². The zero-order valence-corrected chi connectivity index (χ0v) is 36.8. The van der Waals surface area contributed by atoms with Gasteiger partial charge in [-0.1, -0.05) is 64.4 Å². The Balaban J connectivity index is 1.34. The van der Waals surface area contributed by atoms with Crippen molar-refractivity contribution >= 4 is 53.2 Å². The Labute approximate surface area is 367 Å². The Bertz CT molecular complexity index is 1830. The Hall–Kier alpha value is -5.63. The minimum Gasteiger partial charge on any atom is -0.480 e. The van der Waals surface area contributed by atoms with Gasteiger partial charge in [0.05, 0.1) is 19.2 Å². The first-order valence-corrected chi connectivity index (χ1v) is 21.9. The topological polar surface area (TPSA) is 290 Å². The van der Waals surface area contributed by atoms with Crippen molar-refractivity contribution in [3.05, 3.63) is 35.9 Å². The number of aliphatic hydroxyl groups excluding tert-OH is 1. The second kappa shape index (κ2) is 23.2. The van der Waals surface area contributed by atoms with Gasteiger partial charge in [0.1, 0.15) is 42.3 Å². The Morgan fingerprint density at radius 1 is 0.698 bits per heavy atom. The number of aliphatic carboxylic acids is 1.